The number of anilines is 1. The monoisotopic (exact) mass is 511 g/mol. The van der Waals surface area contributed by atoms with Crippen LogP contribution in [0.1, 0.15) is 18.1 Å². The Morgan fingerprint density at radius 3 is 2.47 bits per heavy atom. The zero-order chi connectivity index (χ0) is 24.1. The largest absolute Gasteiger partial charge is 0.497 e. The number of hydrogen-bond donors (Lipinski definition) is 0. The SMILES string of the molecule is CCOc1cc(/C=C2/SC(=S)N(c3ccc(OC)cc3)C2=O)cc(Cl)c1OCc1ccccc1. The van der Waals surface area contributed by atoms with Crippen LogP contribution in [0.25, 0.3) is 6.08 Å². The molecule has 174 valence electrons. The van der Waals surface area contributed by atoms with E-state index in [0.29, 0.717) is 50.4 Å². The third-order valence-electron chi connectivity index (χ3n) is 4.98. The number of nitrogens with zero attached hydrogens (tertiary/aromatic N) is 1. The van der Waals surface area contributed by atoms with Crippen LogP contribution in [0.4, 0.5) is 5.69 Å². The van der Waals surface area contributed by atoms with Crippen LogP contribution in [0.15, 0.2) is 71.6 Å². The maximum Gasteiger partial charge on any atom is 0.270 e. The smallest absolute Gasteiger partial charge is 0.270 e. The lowest BCUT2D eigenvalue weighted by Gasteiger charge is -2.15. The quantitative estimate of drug-likeness (QED) is 0.247. The molecule has 1 heterocycles. The fourth-order valence-corrected chi connectivity index (χ4v) is 4.95. The lowest BCUT2D eigenvalue weighted by molar-refractivity contribution is -0.113. The van der Waals surface area contributed by atoms with Gasteiger partial charge in [0, 0.05) is 0 Å². The first kappa shape index (κ1) is 24.1. The number of halogens is 1. The Hall–Kier alpha value is -3.00. The molecule has 0 N–H and O–H groups in total. The summed E-state index contributed by atoms with van der Waals surface area (Å²) < 4.78 is 17.4. The van der Waals surface area contributed by atoms with Crippen molar-refractivity contribution in [3.63, 3.8) is 0 Å². The van der Waals surface area contributed by atoms with E-state index in [0.717, 1.165) is 11.1 Å². The van der Waals surface area contributed by atoms with Gasteiger partial charge in [-0.05, 0) is 60.5 Å². The summed E-state index contributed by atoms with van der Waals surface area (Å²) >= 11 is 13.3. The van der Waals surface area contributed by atoms with Crippen molar-refractivity contribution in [1.82, 2.24) is 0 Å². The second kappa shape index (κ2) is 11.0. The number of thioether (sulfide) groups is 1. The van der Waals surface area contributed by atoms with Gasteiger partial charge in [-0.3, -0.25) is 9.69 Å². The molecule has 5 nitrogen and oxygen atoms in total. The Kier molecular flexibility index (Phi) is 7.77. The Balaban J connectivity index is 1.59. The van der Waals surface area contributed by atoms with Crippen molar-refractivity contribution in [2.75, 3.05) is 18.6 Å². The topological polar surface area (TPSA) is 48.0 Å². The molecular weight excluding hydrogens is 490 g/mol. The summed E-state index contributed by atoms with van der Waals surface area (Å²) in [6.45, 7) is 2.70. The highest BCUT2D eigenvalue weighted by Crippen LogP contribution is 2.40. The van der Waals surface area contributed by atoms with Crippen LogP contribution < -0.4 is 19.1 Å². The van der Waals surface area contributed by atoms with E-state index < -0.39 is 0 Å². The molecule has 1 saturated heterocycles. The fraction of sp³-hybridized carbons (Fsp3) is 0.154. The minimum absolute atomic E-state index is 0.196. The molecule has 1 fully saturated rings. The Labute approximate surface area is 213 Å². The van der Waals surface area contributed by atoms with Gasteiger partial charge in [0.1, 0.15) is 12.4 Å². The predicted molar refractivity (Wildman–Crippen MR) is 142 cm³/mol. The molecule has 1 amide bonds. The molecule has 0 aliphatic carbocycles. The average Bonchev–Trinajstić information content (AvgIpc) is 3.12. The van der Waals surface area contributed by atoms with Crippen molar-refractivity contribution in [2.24, 2.45) is 0 Å². The number of hydrogen-bond acceptors (Lipinski definition) is 6. The molecule has 8 heteroatoms. The van der Waals surface area contributed by atoms with Gasteiger partial charge in [0.25, 0.3) is 5.91 Å². The molecule has 0 bridgehead atoms. The van der Waals surface area contributed by atoms with Crippen molar-refractivity contribution in [3.05, 3.63) is 87.8 Å². The Morgan fingerprint density at radius 1 is 1.06 bits per heavy atom. The van der Waals surface area contributed by atoms with Gasteiger partial charge in [0.05, 0.1) is 29.3 Å². The summed E-state index contributed by atoms with van der Waals surface area (Å²) in [5.74, 6) is 1.49. The summed E-state index contributed by atoms with van der Waals surface area (Å²) in [5.41, 5.74) is 2.42. The van der Waals surface area contributed by atoms with Crippen molar-refractivity contribution in [2.45, 2.75) is 13.5 Å². The number of methoxy groups -OCH3 is 1. The van der Waals surface area contributed by atoms with Gasteiger partial charge in [0.15, 0.2) is 15.8 Å². The average molecular weight is 512 g/mol. The summed E-state index contributed by atoms with van der Waals surface area (Å²) in [5, 5.41) is 0.402. The van der Waals surface area contributed by atoms with Crippen molar-refractivity contribution in [1.29, 1.82) is 0 Å². The minimum atomic E-state index is -0.196. The molecule has 0 atom stereocenters. The lowest BCUT2D eigenvalue weighted by Crippen LogP contribution is -2.27. The molecule has 0 spiro atoms. The number of amides is 1. The van der Waals surface area contributed by atoms with Gasteiger partial charge in [-0.2, -0.15) is 0 Å². The highest BCUT2D eigenvalue weighted by Gasteiger charge is 2.33. The van der Waals surface area contributed by atoms with Crippen molar-refractivity contribution in [3.8, 4) is 17.2 Å². The van der Waals surface area contributed by atoms with Gasteiger partial charge in [-0.15, -0.1) is 0 Å². The van der Waals surface area contributed by atoms with E-state index in [2.05, 4.69) is 0 Å². The second-order valence-electron chi connectivity index (χ2n) is 7.25. The number of ether oxygens (including phenoxy) is 3. The predicted octanol–water partition coefficient (Wildman–Crippen LogP) is 6.73. The van der Waals surface area contributed by atoms with E-state index in [-0.39, 0.29) is 5.91 Å². The molecule has 0 aromatic heterocycles. The van der Waals surface area contributed by atoms with Gasteiger partial charge in [-0.25, -0.2) is 0 Å². The van der Waals surface area contributed by atoms with Gasteiger partial charge >= 0.3 is 0 Å². The first-order valence-electron chi connectivity index (χ1n) is 10.5. The fourth-order valence-electron chi connectivity index (χ4n) is 3.38. The van der Waals surface area contributed by atoms with E-state index in [9.17, 15) is 4.79 Å². The molecule has 3 aromatic carbocycles. The zero-order valence-electron chi connectivity index (χ0n) is 18.6. The van der Waals surface area contributed by atoms with Crippen LogP contribution in [0.2, 0.25) is 5.02 Å². The maximum atomic E-state index is 13.1. The minimum Gasteiger partial charge on any atom is -0.497 e. The number of benzene rings is 3. The highest BCUT2D eigenvalue weighted by atomic mass is 35.5. The number of carbonyl (C=O) groups excluding carboxylic acids is 1. The van der Waals surface area contributed by atoms with Gasteiger partial charge in [-0.1, -0.05) is 65.9 Å². The van der Waals surface area contributed by atoms with E-state index in [4.69, 9.17) is 38.0 Å². The third-order valence-corrected chi connectivity index (χ3v) is 6.56. The summed E-state index contributed by atoms with van der Waals surface area (Å²) in [7, 11) is 1.59. The van der Waals surface area contributed by atoms with Crippen LogP contribution in [-0.4, -0.2) is 23.9 Å². The summed E-state index contributed by atoms with van der Waals surface area (Å²) in [4.78, 5) is 15.1. The van der Waals surface area contributed by atoms with Gasteiger partial charge in [0.2, 0.25) is 0 Å². The number of rotatable bonds is 8. The van der Waals surface area contributed by atoms with E-state index in [1.165, 1.54) is 16.7 Å². The zero-order valence-corrected chi connectivity index (χ0v) is 21.0. The van der Waals surface area contributed by atoms with E-state index in [1.54, 1.807) is 43.5 Å². The summed E-state index contributed by atoms with van der Waals surface area (Å²) in [6, 6.07) is 20.6. The Morgan fingerprint density at radius 2 is 1.79 bits per heavy atom. The van der Waals surface area contributed by atoms with Crippen LogP contribution in [-0.2, 0) is 11.4 Å². The Bertz CT molecular complexity index is 1230. The standard InChI is InChI=1S/C26H22ClNO4S2/c1-3-31-22-14-18(13-21(27)24(22)32-16-17-7-5-4-6-8-17)15-23-25(29)28(26(33)34-23)19-9-11-20(30-2)12-10-19/h4-15H,3,16H2,1-2H3/b23-15+. The lowest BCUT2D eigenvalue weighted by atomic mass is 10.1. The molecule has 1 aliphatic heterocycles. The number of carbonyl (C=O) groups is 1. The molecule has 34 heavy (non-hydrogen) atoms. The second-order valence-corrected chi connectivity index (χ2v) is 9.34. The van der Waals surface area contributed by atoms with Crippen molar-refractivity contribution >= 4 is 57.6 Å². The van der Waals surface area contributed by atoms with Crippen LogP contribution in [0, 0.1) is 0 Å². The number of thiocarbonyl (C=S) groups is 1. The van der Waals surface area contributed by atoms with Crippen molar-refractivity contribution < 1.29 is 19.0 Å². The van der Waals surface area contributed by atoms with E-state index in [1.807, 2.05) is 43.3 Å². The first-order chi connectivity index (χ1) is 16.5. The van der Waals surface area contributed by atoms with Crippen LogP contribution >= 0.6 is 35.6 Å². The molecular formula is C26H22ClNO4S2. The molecule has 0 radical (unpaired) electrons. The molecule has 1 aliphatic rings. The third kappa shape index (κ3) is 5.38. The molecule has 0 unspecified atom stereocenters. The normalized spacial score (nSPS) is 14.6. The summed E-state index contributed by atoms with van der Waals surface area (Å²) in [6.07, 6.45) is 1.76. The maximum absolute atomic E-state index is 13.1. The molecule has 0 saturated carbocycles. The molecule has 4 rings (SSSR count). The highest BCUT2D eigenvalue weighted by molar-refractivity contribution is 8.27. The van der Waals surface area contributed by atoms with Crippen LogP contribution in [0.5, 0.6) is 17.2 Å². The van der Waals surface area contributed by atoms with Gasteiger partial charge < -0.3 is 14.2 Å². The van der Waals surface area contributed by atoms with Crippen LogP contribution in [0.3, 0.4) is 0 Å². The first-order valence-corrected chi connectivity index (χ1v) is 12.2. The molecule has 3 aromatic rings. The van der Waals surface area contributed by atoms with E-state index >= 15 is 0 Å².